The van der Waals surface area contributed by atoms with Gasteiger partial charge >= 0.3 is 0 Å². The van der Waals surface area contributed by atoms with Crippen molar-refractivity contribution in [2.75, 3.05) is 39.8 Å². The summed E-state index contributed by atoms with van der Waals surface area (Å²) in [5.74, 6) is 1.65. The average Bonchev–Trinajstić information content (AvgIpc) is 3.21. The average molecular weight is 413 g/mol. The van der Waals surface area contributed by atoms with Gasteiger partial charge in [0.15, 0.2) is 11.5 Å². The Morgan fingerprint density at radius 1 is 1.11 bits per heavy atom. The maximum Gasteiger partial charge on any atom is 0.237 e. The Hall–Kier alpha value is -1.54. The summed E-state index contributed by atoms with van der Waals surface area (Å²) in [6, 6.07) is 5.58. The topological polar surface area (TPSA) is 92.0 Å². The zero-order valence-corrected chi connectivity index (χ0v) is 16.8. The smallest absolute Gasteiger partial charge is 0.237 e. The summed E-state index contributed by atoms with van der Waals surface area (Å²) < 4.78 is 21.9. The Morgan fingerprint density at radius 2 is 1.79 bits per heavy atom. The number of amides is 1. The van der Waals surface area contributed by atoms with Gasteiger partial charge in [0.1, 0.15) is 0 Å². The van der Waals surface area contributed by atoms with Gasteiger partial charge in [-0.05, 0) is 49.3 Å². The molecule has 0 bridgehead atoms. The highest BCUT2D eigenvalue weighted by atomic mass is 35.5. The Balaban J connectivity index is 0.00000225. The van der Waals surface area contributed by atoms with Gasteiger partial charge in [0.05, 0.1) is 6.04 Å². The van der Waals surface area contributed by atoms with E-state index in [9.17, 15) is 4.79 Å². The molecule has 3 N–H and O–H groups in total. The van der Waals surface area contributed by atoms with Gasteiger partial charge in [0, 0.05) is 38.4 Å². The second kappa shape index (κ2) is 9.31. The van der Waals surface area contributed by atoms with E-state index in [1.165, 1.54) is 0 Å². The molecule has 8 heteroatoms. The van der Waals surface area contributed by atoms with Crippen LogP contribution in [0.25, 0.3) is 0 Å². The van der Waals surface area contributed by atoms with Gasteiger partial charge in [0.25, 0.3) is 0 Å². The number of rotatable bonds is 5. The third kappa shape index (κ3) is 4.38. The fourth-order valence-corrected chi connectivity index (χ4v) is 4.22. The highest BCUT2D eigenvalue weighted by molar-refractivity contribution is 5.85. The van der Waals surface area contributed by atoms with Crippen molar-refractivity contribution in [2.45, 2.75) is 37.1 Å². The normalized spacial score (nSPS) is 22.2. The summed E-state index contributed by atoms with van der Waals surface area (Å²) in [5.41, 5.74) is 7.21. The molecule has 1 aromatic rings. The highest BCUT2D eigenvalue weighted by Crippen LogP contribution is 2.40. The Labute approximate surface area is 171 Å². The number of hydrogen-bond acceptors (Lipinski definition) is 6. The summed E-state index contributed by atoms with van der Waals surface area (Å²) in [5, 5.41) is 3.12. The summed E-state index contributed by atoms with van der Waals surface area (Å²) >= 11 is 0. The number of fused-ring (bicyclic) bond motifs is 1. The molecule has 1 amide bonds. The zero-order valence-electron chi connectivity index (χ0n) is 16.0. The molecule has 4 rings (SSSR count). The molecule has 1 unspecified atom stereocenters. The molecule has 28 heavy (non-hydrogen) atoms. The molecule has 3 aliphatic rings. The molecule has 2 fully saturated rings. The van der Waals surface area contributed by atoms with Crippen LogP contribution in [0.4, 0.5) is 0 Å². The second-order valence-electron chi connectivity index (χ2n) is 7.65. The predicted octanol–water partition coefficient (Wildman–Crippen LogP) is 1.76. The first kappa shape index (κ1) is 21.2. The van der Waals surface area contributed by atoms with Gasteiger partial charge in [-0.15, -0.1) is 12.4 Å². The summed E-state index contributed by atoms with van der Waals surface area (Å²) in [7, 11) is 0. The van der Waals surface area contributed by atoms with Gasteiger partial charge in [-0.3, -0.25) is 4.79 Å². The van der Waals surface area contributed by atoms with Gasteiger partial charge in [-0.25, -0.2) is 0 Å². The molecule has 0 aliphatic carbocycles. The third-order valence-corrected chi connectivity index (χ3v) is 6.11. The van der Waals surface area contributed by atoms with E-state index in [1.807, 2.05) is 12.1 Å². The fourth-order valence-electron chi connectivity index (χ4n) is 4.22. The quantitative estimate of drug-likeness (QED) is 0.765. The van der Waals surface area contributed by atoms with E-state index in [2.05, 4.69) is 11.4 Å². The minimum Gasteiger partial charge on any atom is -0.454 e. The van der Waals surface area contributed by atoms with Crippen LogP contribution >= 0.6 is 12.4 Å². The first-order valence-corrected chi connectivity index (χ1v) is 9.77. The molecule has 3 heterocycles. The summed E-state index contributed by atoms with van der Waals surface area (Å²) in [4.78, 5) is 12.7. The molecule has 1 atom stereocenters. The van der Waals surface area contributed by atoms with Crippen LogP contribution in [-0.4, -0.2) is 51.7 Å². The molecule has 2 saturated heterocycles. The van der Waals surface area contributed by atoms with Gasteiger partial charge < -0.3 is 30.0 Å². The number of carbonyl (C=O) groups is 1. The van der Waals surface area contributed by atoms with Crippen molar-refractivity contribution in [3.8, 4) is 11.5 Å². The Bertz CT molecular complexity index is 675. The first-order chi connectivity index (χ1) is 13.2. The minimum absolute atomic E-state index is 0. The monoisotopic (exact) mass is 412 g/mol. The molecule has 0 aromatic heterocycles. The van der Waals surface area contributed by atoms with E-state index >= 15 is 0 Å². The van der Waals surface area contributed by atoms with Crippen LogP contribution in [-0.2, 0) is 19.7 Å². The third-order valence-electron chi connectivity index (χ3n) is 6.11. The maximum atomic E-state index is 12.7. The van der Waals surface area contributed by atoms with Crippen molar-refractivity contribution in [3.05, 3.63) is 23.8 Å². The zero-order chi connectivity index (χ0) is 18.7. The maximum absolute atomic E-state index is 12.7. The first-order valence-electron chi connectivity index (χ1n) is 9.77. The largest absolute Gasteiger partial charge is 0.454 e. The minimum atomic E-state index is -0.484. The van der Waals surface area contributed by atoms with Crippen molar-refractivity contribution in [3.63, 3.8) is 0 Å². The number of carbonyl (C=O) groups excluding carboxylic acids is 1. The number of nitrogens with two attached hydrogens (primary N) is 1. The molecule has 3 aliphatic heterocycles. The van der Waals surface area contributed by atoms with Crippen LogP contribution in [0.2, 0.25) is 0 Å². The second-order valence-corrected chi connectivity index (χ2v) is 7.65. The number of halogens is 1. The van der Waals surface area contributed by atoms with Crippen LogP contribution in [0.15, 0.2) is 18.2 Å². The standard InChI is InChI=1S/C20H28N2O5.ClH/c21-18(14-3-7-24-8-4-14)19(23)22-12-20(5-9-25-10-6-20)15-1-2-16-17(11-15)27-13-26-16;/h1-2,11,14,18H,3-10,12-13,21H2,(H,22,23);1H. The van der Waals surface area contributed by atoms with E-state index in [0.717, 1.165) is 42.7 Å². The number of benzene rings is 1. The van der Waals surface area contributed by atoms with Crippen molar-refractivity contribution in [1.29, 1.82) is 0 Å². The van der Waals surface area contributed by atoms with E-state index in [1.54, 1.807) is 0 Å². The molecule has 1 aromatic carbocycles. The van der Waals surface area contributed by atoms with Crippen molar-refractivity contribution in [2.24, 2.45) is 11.7 Å². The molecule has 156 valence electrons. The van der Waals surface area contributed by atoms with Crippen LogP contribution in [0, 0.1) is 5.92 Å². The lowest BCUT2D eigenvalue weighted by Crippen LogP contribution is -2.51. The van der Waals surface area contributed by atoms with Gasteiger partial charge in [0.2, 0.25) is 12.7 Å². The van der Waals surface area contributed by atoms with Crippen LogP contribution in [0.3, 0.4) is 0 Å². The summed E-state index contributed by atoms with van der Waals surface area (Å²) in [6.07, 6.45) is 3.38. The van der Waals surface area contributed by atoms with E-state index < -0.39 is 6.04 Å². The lowest BCUT2D eigenvalue weighted by Gasteiger charge is -2.38. The van der Waals surface area contributed by atoms with E-state index in [0.29, 0.717) is 33.0 Å². The molecular formula is C20H29ClN2O5. The molecule has 0 spiro atoms. The van der Waals surface area contributed by atoms with Crippen molar-refractivity contribution < 1.29 is 23.7 Å². The van der Waals surface area contributed by atoms with Crippen molar-refractivity contribution >= 4 is 18.3 Å². The van der Waals surface area contributed by atoms with Crippen LogP contribution in [0.1, 0.15) is 31.2 Å². The lowest BCUT2D eigenvalue weighted by atomic mass is 9.74. The Kier molecular flexibility index (Phi) is 7.04. The van der Waals surface area contributed by atoms with Gasteiger partial charge in [-0.1, -0.05) is 6.07 Å². The van der Waals surface area contributed by atoms with Crippen molar-refractivity contribution in [1.82, 2.24) is 5.32 Å². The van der Waals surface area contributed by atoms with E-state index in [4.69, 9.17) is 24.7 Å². The van der Waals surface area contributed by atoms with E-state index in [-0.39, 0.29) is 36.4 Å². The number of ether oxygens (including phenoxy) is 4. The van der Waals surface area contributed by atoms with Crippen LogP contribution < -0.4 is 20.5 Å². The molecule has 0 radical (unpaired) electrons. The molecule has 0 saturated carbocycles. The molecular weight excluding hydrogens is 384 g/mol. The molecule has 7 nitrogen and oxygen atoms in total. The Morgan fingerprint density at radius 3 is 2.54 bits per heavy atom. The SMILES string of the molecule is Cl.NC(C(=O)NCC1(c2ccc3c(c2)OCO3)CCOCC1)C1CCOCC1. The lowest BCUT2D eigenvalue weighted by molar-refractivity contribution is -0.124. The fraction of sp³-hybridized carbons (Fsp3) is 0.650. The highest BCUT2D eigenvalue weighted by Gasteiger charge is 2.37. The van der Waals surface area contributed by atoms with Crippen LogP contribution in [0.5, 0.6) is 11.5 Å². The van der Waals surface area contributed by atoms with Gasteiger partial charge in [-0.2, -0.15) is 0 Å². The summed E-state index contributed by atoms with van der Waals surface area (Å²) in [6.45, 7) is 3.53. The number of hydrogen-bond donors (Lipinski definition) is 2. The predicted molar refractivity (Wildman–Crippen MR) is 106 cm³/mol. The number of nitrogens with one attached hydrogen (secondary N) is 1.